The fraction of sp³-hybridized carbons (Fsp3) is 0.533. The van der Waals surface area contributed by atoms with E-state index in [0.717, 1.165) is 17.7 Å². The number of halogens is 1. The van der Waals surface area contributed by atoms with E-state index in [0.29, 0.717) is 0 Å². The van der Waals surface area contributed by atoms with E-state index in [-0.39, 0.29) is 17.2 Å². The molecule has 0 fully saturated rings. The molecule has 0 unspecified atom stereocenters. The van der Waals surface area contributed by atoms with E-state index in [2.05, 4.69) is 45.1 Å². The van der Waals surface area contributed by atoms with Gasteiger partial charge in [0, 0.05) is 5.69 Å². The largest absolute Gasteiger partial charge is 0.325 e. The van der Waals surface area contributed by atoms with Crippen molar-refractivity contribution in [3.8, 4) is 0 Å². The molecule has 0 saturated heterocycles. The zero-order valence-corrected chi connectivity index (χ0v) is 12.6. The first-order chi connectivity index (χ1) is 8.33. The Bertz CT molecular complexity index is 452. The van der Waals surface area contributed by atoms with E-state index in [1.165, 1.54) is 11.1 Å². The maximum Gasteiger partial charge on any atom is 0.239 e. The Labute approximate surface area is 115 Å². The van der Waals surface area contributed by atoms with Crippen LogP contribution in [0.2, 0.25) is 0 Å². The highest BCUT2D eigenvalue weighted by Gasteiger charge is 2.23. The third-order valence-electron chi connectivity index (χ3n) is 3.73. The van der Waals surface area contributed by atoms with Gasteiger partial charge >= 0.3 is 0 Å². The van der Waals surface area contributed by atoms with Gasteiger partial charge in [-0.25, -0.2) is 0 Å². The van der Waals surface area contributed by atoms with Crippen LogP contribution in [0.3, 0.4) is 0 Å². The van der Waals surface area contributed by atoms with E-state index in [9.17, 15) is 4.79 Å². The topological polar surface area (TPSA) is 29.1 Å². The van der Waals surface area contributed by atoms with Crippen LogP contribution in [0.4, 0.5) is 5.69 Å². The number of alkyl halides is 1. The molecule has 100 valence electrons. The summed E-state index contributed by atoms with van der Waals surface area (Å²) >= 11 is 5.58. The molecule has 0 radical (unpaired) electrons. The summed E-state index contributed by atoms with van der Waals surface area (Å²) in [5.41, 5.74) is 4.43. The lowest BCUT2D eigenvalue weighted by molar-refractivity contribution is -0.113. The second-order valence-corrected chi connectivity index (χ2v) is 5.62. The quantitative estimate of drug-likeness (QED) is 0.815. The first-order valence-corrected chi connectivity index (χ1v) is 6.83. The molecule has 0 aliphatic carbocycles. The molecule has 18 heavy (non-hydrogen) atoms. The van der Waals surface area contributed by atoms with Gasteiger partial charge in [0.25, 0.3) is 0 Å². The molecule has 1 aromatic rings. The van der Waals surface area contributed by atoms with Gasteiger partial charge in [0.15, 0.2) is 0 Å². The minimum Gasteiger partial charge on any atom is -0.325 e. The van der Waals surface area contributed by atoms with E-state index in [4.69, 9.17) is 11.6 Å². The van der Waals surface area contributed by atoms with Gasteiger partial charge in [-0.2, -0.15) is 0 Å². The standard InChI is InChI=1S/C15H22ClNO/c1-6-15(4,5)12-8-7-10(2)11(3)14(12)17-13(18)9-16/h7-8H,6,9H2,1-5H3,(H,17,18). The van der Waals surface area contributed by atoms with Crippen molar-refractivity contribution < 1.29 is 4.79 Å². The predicted molar refractivity (Wildman–Crippen MR) is 78.6 cm³/mol. The number of carbonyl (C=O) groups excluding carboxylic acids is 1. The third kappa shape index (κ3) is 3.05. The van der Waals surface area contributed by atoms with Crippen LogP contribution >= 0.6 is 11.6 Å². The zero-order chi connectivity index (χ0) is 13.9. The van der Waals surface area contributed by atoms with Crippen LogP contribution in [0.5, 0.6) is 0 Å². The monoisotopic (exact) mass is 267 g/mol. The second kappa shape index (κ2) is 5.75. The summed E-state index contributed by atoms with van der Waals surface area (Å²) < 4.78 is 0. The number of nitrogens with one attached hydrogen (secondary N) is 1. The van der Waals surface area contributed by atoms with E-state index >= 15 is 0 Å². The highest BCUT2D eigenvalue weighted by molar-refractivity contribution is 6.29. The lowest BCUT2D eigenvalue weighted by Crippen LogP contribution is -2.22. The van der Waals surface area contributed by atoms with Gasteiger partial charge in [0.2, 0.25) is 5.91 Å². The molecule has 0 aliphatic heterocycles. The molecule has 0 bridgehead atoms. The molecule has 2 nitrogen and oxygen atoms in total. The van der Waals surface area contributed by atoms with Gasteiger partial charge in [-0.3, -0.25) is 4.79 Å². The summed E-state index contributed by atoms with van der Waals surface area (Å²) in [5.74, 6) is -0.169. The fourth-order valence-electron chi connectivity index (χ4n) is 1.90. The first-order valence-electron chi connectivity index (χ1n) is 6.30. The average molecular weight is 268 g/mol. The molecule has 1 aromatic carbocycles. The fourth-order valence-corrected chi connectivity index (χ4v) is 1.97. The SMILES string of the molecule is CCC(C)(C)c1ccc(C)c(C)c1NC(=O)CCl. The number of aryl methyl sites for hydroxylation is 1. The summed E-state index contributed by atoms with van der Waals surface area (Å²) in [6, 6.07) is 4.22. The lowest BCUT2D eigenvalue weighted by Gasteiger charge is -2.28. The maximum absolute atomic E-state index is 11.6. The average Bonchev–Trinajstić information content (AvgIpc) is 2.34. The Balaban J connectivity index is 3.34. The summed E-state index contributed by atoms with van der Waals surface area (Å²) in [6.07, 6.45) is 1.01. The summed E-state index contributed by atoms with van der Waals surface area (Å²) in [6.45, 7) is 10.6. The van der Waals surface area contributed by atoms with Crippen LogP contribution in [0, 0.1) is 13.8 Å². The molecule has 0 atom stereocenters. The highest BCUT2D eigenvalue weighted by atomic mass is 35.5. The lowest BCUT2D eigenvalue weighted by atomic mass is 9.79. The number of anilines is 1. The van der Waals surface area contributed by atoms with Crippen LogP contribution in [0.25, 0.3) is 0 Å². The minimum atomic E-state index is -0.154. The van der Waals surface area contributed by atoms with Gasteiger partial charge in [-0.1, -0.05) is 32.9 Å². The Morgan fingerprint density at radius 1 is 1.33 bits per heavy atom. The van der Waals surface area contributed by atoms with Crippen molar-refractivity contribution in [2.75, 3.05) is 11.2 Å². The van der Waals surface area contributed by atoms with Crippen molar-refractivity contribution in [2.45, 2.75) is 46.5 Å². The van der Waals surface area contributed by atoms with Crippen molar-refractivity contribution in [2.24, 2.45) is 0 Å². The van der Waals surface area contributed by atoms with Gasteiger partial charge < -0.3 is 5.32 Å². The summed E-state index contributed by atoms with van der Waals surface area (Å²) in [5, 5.41) is 2.94. The first kappa shape index (κ1) is 15.0. The Morgan fingerprint density at radius 2 is 1.94 bits per heavy atom. The van der Waals surface area contributed by atoms with Crippen molar-refractivity contribution in [1.29, 1.82) is 0 Å². The van der Waals surface area contributed by atoms with Crippen molar-refractivity contribution in [3.63, 3.8) is 0 Å². The Hall–Kier alpha value is -1.02. The smallest absolute Gasteiger partial charge is 0.239 e. The molecule has 0 aliphatic rings. The summed E-state index contributed by atoms with van der Waals surface area (Å²) in [7, 11) is 0. The molecule has 1 amide bonds. The summed E-state index contributed by atoms with van der Waals surface area (Å²) in [4.78, 5) is 11.6. The molecule has 0 heterocycles. The van der Waals surface area contributed by atoms with Crippen LogP contribution in [0.1, 0.15) is 43.9 Å². The predicted octanol–water partition coefficient (Wildman–Crippen LogP) is 4.17. The zero-order valence-electron chi connectivity index (χ0n) is 11.9. The van der Waals surface area contributed by atoms with Crippen LogP contribution in [0.15, 0.2) is 12.1 Å². The maximum atomic E-state index is 11.6. The van der Waals surface area contributed by atoms with Crippen molar-refractivity contribution in [3.05, 3.63) is 28.8 Å². The van der Waals surface area contributed by atoms with Gasteiger partial charge in [0.1, 0.15) is 5.88 Å². The molecule has 0 saturated carbocycles. The molecule has 0 aromatic heterocycles. The number of benzene rings is 1. The molecular weight excluding hydrogens is 246 g/mol. The van der Waals surface area contributed by atoms with Gasteiger partial charge in [-0.15, -0.1) is 11.6 Å². The van der Waals surface area contributed by atoms with Crippen molar-refractivity contribution in [1.82, 2.24) is 0 Å². The van der Waals surface area contributed by atoms with E-state index in [1.807, 2.05) is 6.92 Å². The molecule has 3 heteroatoms. The normalized spacial score (nSPS) is 11.4. The van der Waals surface area contributed by atoms with Crippen LogP contribution in [-0.2, 0) is 10.2 Å². The molecule has 0 spiro atoms. The molecule has 1 N–H and O–H groups in total. The van der Waals surface area contributed by atoms with Crippen molar-refractivity contribution >= 4 is 23.2 Å². The van der Waals surface area contributed by atoms with E-state index in [1.54, 1.807) is 0 Å². The van der Waals surface area contributed by atoms with Crippen LogP contribution in [-0.4, -0.2) is 11.8 Å². The second-order valence-electron chi connectivity index (χ2n) is 5.35. The minimum absolute atomic E-state index is 0.0145. The third-order valence-corrected chi connectivity index (χ3v) is 3.98. The van der Waals surface area contributed by atoms with Gasteiger partial charge in [-0.05, 0) is 42.4 Å². The Morgan fingerprint density at radius 3 is 2.44 bits per heavy atom. The van der Waals surface area contributed by atoms with E-state index < -0.39 is 0 Å². The number of hydrogen-bond acceptors (Lipinski definition) is 1. The molecular formula is C15H22ClNO. The highest BCUT2D eigenvalue weighted by Crippen LogP contribution is 2.35. The van der Waals surface area contributed by atoms with Crippen LogP contribution < -0.4 is 5.32 Å². The Kier molecular flexibility index (Phi) is 4.80. The number of rotatable bonds is 4. The number of carbonyl (C=O) groups is 1. The van der Waals surface area contributed by atoms with Gasteiger partial charge in [0.05, 0.1) is 0 Å². The number of amides is 1. The number of hydrogen-bond donors (Lipinski definition) is 1. The molecule has 1 rings (SSSR count).